The second-order valence-electron chi connectivity index (χ2n) is 8.44. The Kier molecular flexibility index (Phi) is 5.37. The Hall–Kier alpha value is -4.01. The highest BCUT2D eigenvalue weighted by Crippen LogP contribution is 2.36. The van der Waals surface area contributed by atoms with Crippen LogP contribution in [-0.4, -0.2) is 36.7 Å². The van der Waals surface area contributed by atoms with Gasteiger partial charge in [0, 0.05) is 36.2 Å². The zero-order valence-corrected chi connectivity index (χ0v) is 18.9. The predicted octanol–water partition coefficient (Wildman–Crippen LogP) is 3.79. The number of fused-ring (bicyclic) bond motifs is 1. The summed E-state index contributed by atoms with van der Waals surface area (Å²) in [5.41, 5.74) is 12.7. The first-order valence-corrected chi connectivity index (χ1v) is 11.0. The lowest BCUT2D eigenvalue weighted by molar-refractivity contribution is 0.504. The van der Waals surface area contributed by atoms with E-state index in [1.165, 1.54) is 0 Å². The highest BCUT2D eigenvalue weighted by Gasteiger charge is 2.35. The molecule has 1 atom stereocenters. The molecule has 3 N–H and O–H groups in total. The van der Waals surface area contributed by atoms with Gasteiger partial charge in [0.05, 0.1) is 17.7 Å². The fourth-order valence-electron chi connectivity index (χ4n) is 4.19. The molecular weight excluding hydrogens is 416 g/mol. The summed E-state index contributed by atoms with van der Waals surface area (Å²) in [6.45, 7) is 6.86. The number of hydrogen-bond donors (Lipinski definition) is 2. The molecule has 0 aliphatic carbocycles. The summed E-state index contributed by atoms with van der Waals surface area (Å²) in [5.74, 6) is 0.691. The molecule has 1 aliphatic rings. The largest absolute Gasteiger partial charge is 0.402 e. The summed E-state index contributed by atoms with van der Waals surface area (Å²) < 4.78 is 6.05. The van der Waals surface area contributed by atoms with Crippen LogP contribution in [0.3, 0.4) is 0 Å². The van der Waals surface area contributed by atoms with Crippen molar-refractivity contribution in [2.75, 3.05) is 11.4 Å². The van der Waals surface area contributed by atoms with Crippen molar-refractivity contribution < 1.29 is 4.42 Å². The van der Waals surface area contributed by atoms with E-state index in [9.17, 15) is 0 Å². The maximum Gasteiger partial charge on any atom is 0.319 e. The van der Waals surface area contributed by atoms with Gasteiger partial charge in [0.25, 0.3) is 5.89 Å². The Morgan fingerprint density at radius 2 is 2.09 bits per heavy atom. The third-order valence-electron chi connectivity index (χ3n) is 5.80. The van der Waals surface area contributed by atoms with Crippen LogP contribution >= 0.6 is 0 Å². The fourth-order valence-corrected chi connectivity index (χ4v) is 4.19. The first-order valence-electron chi connectivity index (χ1n) is 11.0. The number of imidazole rings is 1. The standard InChI is InChI=1S/C24H26N8O/c1-14(2)16-7-5-10-26-20(16)12-17(25)22-21-18(27-13-28-21)9-11-32(22)24-31-30-23(33-24)19-8-4-6-15(3)29-19/h4-8,10,12-14,22H,9,11,25H2,1-3H3,(H,27,28)/b17-12-/t22-/m1/s1. The van der Waals surface area contributed by atoms with Gasteiger partial charge in [0.15, 0.2) is 0 Å². The van der Waals surface area contributed by atoms with Gasteiger partial charge in [-0.25, -0.2) is 9.97 Å². The molecule has 0 radical (unpaired) electrons. The monoisotopic (exact) mass is 442 g/mol. The number of nitrogens with two attached hydrogens (primary N) is 1. The second-order valence-corrected chi connectivity index (χ2v) is 8.44. The number of hydrogen-bond acceptors (Lipinski definition) is 8. The number of nitrogens with zero attached hydrogens (tertiary/aromatic N) is 6. The third-order valence-corrected chi connectivity index (χ3v) is 5.80. The molecule has 0 unspecified atom stereocenters. The van der Waals surface area contributed by atoms with Gasteiger partial charge in [-0.1, -0.05) is 31.1 Å². The Bertz CT molecular complexity index is 1310. The van der Waals surface area contributed by atoms with Crippen LogP contribution in [0.4, 0.5) is 6.01 Å². The molecule has 0 saturated heterocycles. The SMILES string of the molecule is Cc1cccc(-c2nnc(N3CCc4[nH]cnc4[C@H]3/C(N)=C/c3ncccc3C(C)C)o2)n1. The third kappa shape index (κ3) is 3.97. The van der Waals surface area contributed by atoms with Crippen LogP contribution < -0.4 is 10.6 Å². The van der Waals surface area contributed by atoms with E-state index in [2.05, 4.69) is 50.0 Å². The van der Waals surface area contributed by atoms with Gasteiger partial charge in [0.1, 0.15) is 11.7 Å². The van der Waals surface area contributed by atoms with Crippen LogP contribution in [0.25, 0.3) is 17.7 Å². The lowest BCUT2D eigenvalue weighted by atomic mass is 9.97. The molecule has 1 aliphatic heterocycles. The van der Waals surface area contributed by atoms with Gasteiger partial charge in [-0.2, -0.15) is 0 Å². The number of aromatic nitrogens is 6. The van der Waals surface area contributed by atoms with Crippen molar-refractivity contribution in [3.05, 3.63) is 76.9 Å². The Labute approximate surface area is 191 Å². The van der Waals surface area contributed by atoms with E-state index >= 15 is 0 Å². The maximum absolute atomic E-state index is 6.71. The normalized spacial score (nSPS) is 16.3. The minimum absolute atomic E-state index is 0.321. The van der Waals surface area contributed by atoms with Gasteiger partial charge in [-0.15, -0.1) is 5.10 Å². The van der Waals surface area contributed by atoms with E-state index in [0.29, 0.717) is 35.8 Å². The highest BCUT2D eigenvalue weighted by molar-refractivity contribution is 5.58. The van der Waals surface area contributed by atoms with E-state index in [0.717, 1.165) is 34.8 Å². The van der Waals surface area contributed by atoms with Crippen LogP contribution in [0.1, 0.15) is 54.1 Å². The molecule has 4 aromatic rings. The van der Waals surface area contributed by atoms with E-state index in [1.807, 2.05) is 42.2 Å². The van der Waals surface area contributed by atoms with Crippen LogP contribution in [0.2, 0.25) is 0 Å². The molecule has 0 amide bonds. The lowest BCUT2D eigenvalue weighted by Crippen LogP contribution is -2.38. The zero-order chi connectivity index (χ0) is 22.9. The van der Waals surface area contributed by atoms with Crippen molar-refractivity contribution in [2.45, 2.75) is 39.2 Å². The minimum Gasteiger partial charge on any atom is -0.402 e. The molecule has 9 heteroatoms. The molecule has 5 rings (SSSR count). The molecule has 33 heavy (non-hydrogen) atoms. The molecular formula is C24H26N8O. The zero-order valence-electron chi connectivity index (χ0n) is 18.9. The Morgan fingerprint density at radius 1 is 1.21 bits per heavy atom. The number of nitrogens with one attached hydrogen (secondary N) is 1. The summed E-state index contributed by atoms with van der Waals surface area (Å²) in [5, 5.41) is 8.56. The number of anilines is 1. The molecule has 4 aromatic heterocycles. The van der Waals surface area contributed by atoms with Crippen molar-refractivity contribution in [3.8, 4) is 11.6 Å². The smallest absolute Gasteiger partial charge is 0.319 e. The molecule has 9 nitrogen and oxygen atoms in total. The van der Waals surface area contributed by atoms with Gasteiger partial charge < -0.3 is 20.0 Å². The molecule has 168 valence electrons. The molecule has 0 bridgehead atoms. The number of aromatic amines is 1. The molecule has 5 heterocycles. The maximum atomic E-state index is 6.71. The predicted molar refractivity (Wildman–Crippen MR) is 125 cm³/mol. The van der Waals surface area contributed by atoms with Crippen molar-refractivity contribution >= 4 is 12.1 Å². The average molecular weight is 443 g/mol. The van der Waals surface area contributed by atoms with Crippen molar-refractivity contribution in [2.24, 2.45) is 5.73 Å². The average Bonchev–Trinajstić information content (AvgIpc) is 3.48. The van der Waals surface area contributed by atoms with Crippen molar-refractivity contribution in [1.82, 2.24) is 30.1 Å². The van der Waals surface area contributed by atoms with E-state index < -0.39 is 0 Å². The summed E-state index contributed by atoms with van der Waals surface area (Å²) in [6, 6.07) is 9.74. The van der Waals surface area contributed by atoms with Gasteiger partial charge in [-0.3, -0.25) is 4.98 Å². The Morgan fingerprint density at radius 3 is 2.91 bits per heavy atom. The minimum atomic E-state index is -0.360. The van der Waals surface area contributed by atoms with Crippen molar-refractivity contribution in [3.63, 3.8) is 0 Å². The number of rotatable bonds is 5. The van der Waals surface area contributed by atoms with Crippen LogP contribution in [0, 0.1) is 6.92 Å². The van der Waals surface area contributed by atoms with Crippen LogP contribution in [0.15, 0.2) is 53.0 Å². The first-order chi connectivity index (χ1) is 16.0. The summed E-state index contributed by atoms with van der Waals surface area (Å²) >= 11 is 0. The fraction of sp³-hybridized carbons (Fsp3) is 0.292. The molecule has 0 spiro atoms. The Balaban J connectivity index is 1.55. The second kappa shape index (κ2) is 8.50. The molecule has 0 saturated carbocycles. The number of pyridine rings is 2. The topological polar surface area (TPSA) is 123 Å². The van der Waals surface area contributed by atoms with E-state index in [4.69, 9.17) is 10.2 Å². The molecule has 0 fully saturated rings. The number of H-pyrrole nitrogens is 1. The van der Waals surface area contributed by atoms with Gasteiger partial charge in [0.2, 0.25) is 0 Å². The number of aryl methyl sites for hydroxylation is 1. The summed E-state index contributed by atoms with van der Waals surface area (Å²) in [7, 11) is 0. The van der Waals surface area contributed by atoms with E-state index in [-0.39, 0.29) is 6.04 Å². The quantitative estimate of drug-likeness (QED) is 0.479. The van der Waals surface area contributed by atoms with Crippen LogP contribution in [-0.2, 0) is 6.42 Å². The lowest BCUT2D eigenvalue weighted by Gasteiger charge is -2.33. The van der Waals surface area contributed by atoms with Gasteiger partial charge in [-0.05, 0) is 42.7 Å². The summed E-state index contributed by atoms with van der Waals surface area (Å²) in [6.07, 6.45) is 6.17. The van der Waals surface area contributed by atoms with E-state index in [1.54, 1.807) is 12.5 Å². The first kappa shape index (κ1) is 20.9. The molecule has 0 aromatic carbocycles. The van der Waals surface area contributed by atoms with Gasteiger partial charge >= 0.3 is 6.01 Å². The highest BCUT2D eigenvalue weighted by atomic mass is 16.4. The van der Waals surface area contributed by atoms with Crippen molar-refractivity contribution in [1.29, 1.82) is 0 Å². The van der Waals surface area contributed by atoms with Crippen LogP contribution in [0.5, 0.6) is 0 Å². The summed E-state index contributed by atoms with van der Waals surface area (Å²) in [4.78, 5) is 18.9.